The Bertz CT molecular complexity index is 785. The van der Waals surface area contributed by atoms with Crippen molar-refractivity contribution in [3.8, 4) is 5.75 Å². The number of nitrogens with one attached hydrogen (secondary N) is 1. The van der Waals surface area contributed by atoms with E-state index < -0.39 is 0 Å². The predicted octanol–water partition coefficient (Wildman–Crippen LogP) is 3.39. The van der Waals surface area contributed by atoms with Crippen molar-refractivity contribution in [3.05, 3.63) is 70.7 Å². The quantitative estimate of drug-likeness (QED) is 0.781. The molecular weight excluding hydrogens is 310 g/mol. The molecule has 1 aromatic heterocycles. The van der Waals surface area contributed by atoms with E-state index in [2.05, 4.69) is 15.5 Å². The highest BCUT2D eigenvalue weighted by Gasteiger charge is 2.10. The van der Waals surface area contributed by atoms with Crippen LogP contribution in [0, 0.1) is 0 Å². The number of aromatic nitrogens is 2. The smallest absolute Gasteiger partial charge is 0.257 e. The number of rotatable bonds is 5. The maximum absolute atomic E-state index is 12.2. The number of benzene rings is 2. The van der Waals surface area contributed by atoms with Crippen LogP contribution in [-0.2, 0) is 6.42 Å². The molecule has 6 heteroatoms. The SMILES string of the molecule is COc1ccc(C(=O)Nc2nnc(Cc3ccccc3)s2)cc1. The molecule has 2 aromatic carbocycles. The average molecular weight is 325 g/mol. The molecule has 1 heterocycles. The van der Waals surface area contributed by atoms with Crippen molar-refractivity contribution in [1.29, 1.82) is 0 Å². The van der Waals surface area contributed by atoms with Crippen LogP contribution < -0.4 is 10.1 Å². The Hall–Kier alpha value is -2.73. The summed E-state index contributed by atoms with van der Waals surface area (Å²) >= 11 is 1.38. The summed E-state index contributed by atoms with van der Waals surface area (Å²) in [6.45, 7) is 0. The monoisotopic (exact) mass is 325 g/mol. The summed E-state index contributed by atoms with van der Waals surface area (Å²) in [7, 11) is 1.59. The lowest BCUT2D eigenvalue weighted by atomic mass is 10.2. The summed E-state index contributed by atoms with van der Waals surface area (Å²) in [6.07, 6.45) is 0.705. The van der Waals surface area contributed by atoms with Crippen molar-refractivity contribution in [2.24, 2.45) is 0 Å². The number of carbonyl (C=O) groups is 1. The summed E-state index contributed by atoms with van der Waals surface area (Å²) in [5, 5.41) is 12.3. The summed E-state index contributed by atoms with van der Waals surface area (Å²) in [6, 6.07) is 16.9. The topological polar surface area (TPSA) is 64.1 Å². The molecule has 0 aliphatic heterocycles. The van der Waals surface area contributed by atoms with Gasteiger partial charge in [-0.25, -0.2) is 0 Å². The zero-order valence-electron chi connectivity index (χ0n) is 12.5. The van der Waals surface area contributed by atoms with E-state index in [-0.39, 0.29) is 5.91 Å². The van der Waals surface area contributed by atoms with E-state index in [1.54, 1.807) is 31.4 Å². The first-order chi connectivity index (χ1) is 11.2. The standard InChI is InChI=1S/C17H15N3O2S/c1-22-14-9-7-13(8-10-14)16(21)18-17-20-19-15(23-17)11-12-5-3-2-4-6-12/h2-10H,11H2,1H3,(H,18,20,21). The normalized spacial score (nSPS) is 10.3. The molecule has 0 saturated heterocycles. The van der Waals surface area contributed by atoms with Gasteiger partial charge in [-0.2, -0.15) is 0 Å². The summed E-state index contributed by atoms with van der Waals surface area (Å²) in [4.78, 5) is 12.2. The lowest BCUT2D eigenvalue weighted by Gasteiger charge is -2.02. The molecule has 0 radical (unpaired) electrons. The molecule has 0 bridgehead atoms. The summed E-state index contributed by atoms with van der Waals surface area (Å²) < 4.78 is 5.08. The fraction of sp³-hybridized carbons (Fsp3) is 0.118. The fourth-order valence-electron chi connectivity index (χ4n) is 2.06. The first kappa shape index (κ1) is 15.2. The third kappa shape index (κ3) is 3.92. The van der Waals surface area contributed by atoms with Crippen LogP contribution in [0.2, 0.25) is 0 Å². The van der Waals surface area contributed by atoms with Gasteiger partial charge in [-0.1, -0.05) is 41.7 Å². The molecule has 116 valence electrons. The first-order valence-electron chi connectivity index (χ1n) is 7.06. The van der Waals surface area contributed by atoms with Crippen LogP contribution in [0.5, 0.6) is 5.75 Å². The minimum absolute atomic E-state index is 0.213. The lowest BCUT2D eigenvalue weighted by molar-refractivity contribution is 0.102. The van der Waals surface area contributed by atoms with Crippen LogP contribution in [0.3, 0.4) is 0 Å². The highest BCUT2D eigenvalue weighted by atomic mass is 32.1. The second kappa shape index (κ2) is 7.02. The zero-order valence-corrected chi connectivity index (χ0v) is 13.3. The number of methoxy groups -OCH3 is 1. The molecule has 3 aromatic rings. The van der Waals surface area contributed by atoms with Gasteiger partial charge in [0.2, 0.25) is 5.13 Å². The van der Waals surface area contributed by atoms with Gasteiger partial charge in [0.1, 0.15) is 10.8 Å². The zero-order chi connectivity index (χ0) is 16.1. The molecule has 23 heavy (non-hydrogen) atoms. The number of amides is 1. The Morgan fingerprint density at radius 3 is 2.52 bits per heavy atom. The number of carbonyl (C=O) groups excluding carboxylic acids is 1. The van der Waals surface area contributed by atoms with Crippen molar-refractivity contribution < 1.29 is 9.53 Å². The number of anilines is 1. The fourth-order valence-corrected chi connectivity index (χ4v) is 2.83. The van der Waals surface area contributed by atoms with Crippen molar-refractivity contribution in [2.75, 3.05) is 12.4 Å². The Balaban J connectivity index is 1.65. The summed E-state index contributed by atoms with van der Waals surface area (Å²) in [5.74, 6) is 0.498. The molecule has 0 aliphatic rings. The Morgan fingerprint density at radius 2 is 1.83 bits per heavy atom. The molecule has 5 nitrogen and oxygen atoms in total. The van der Waals surface area contributed by atoms with Crippen molar-refractivity contribution in [3.63, 3.8) is 0 Å². The van der Waals surface area contributed by atoms with E-state index in [0.717, 1.165) is 10.6 Å². The van der Waals surface area contributed by atoms with Crippen LogP contribution in [0.25, 0.3) is 0 Å². The lowest BCUT2D eigenvalue weighted by Crippen LogP contribution is -2.11. The molecule has 0 atom stereocenters. The maximum Gasteiger partial charge on any atom is 0.257 e. The molecule has 0 unspecified atom stereocenters. The second-order valence-electron chi connectivity index (χ2n) is 4.85. The van der Waals surface area contributed by atoms with E-state index in [0.29, 0.717) is 22.9 Å². The molecule has 0 spiro atoms. The van der Waals surface area contributed by atoms with Gasteiger partial charge in [0, 0.05) is 12.0 Å². The van der Waals surface area contributed by atoms with Gasteiger partial charge in [0.05, 0.1) is 7.11 Å². The van der Waals surface area contributed by atoms with Crippen LogP contribution in [0.1, 0.15) is 20.9 Å². The highest BCUT2D eigenvalue weighted by Crippen LogP contribution is 2.19. The molecule has 0 saturated carbocycles. The maximum atomic E-state index is 12.2. The van der Waals surface area contributed by atoms with Crippen LogP contribution >= 0.6 is 11.3 Å². The van der Waals surface area contributed by atoms with Crippen molar-refractivity contribution in [2.45, 2.75) is 6.42 Å². The Labute approximate surface area is 138 Å². The van der Waals surface area contributed by atoms with Crippen molar-refractivity contribution in [1.82, 2.24) is 10.2 Å². The number of hydrogen-bond donors (Lipinski definition) is 1. The molecule has 0 aliphatic carbocycles. The number of ether oxygens (including phenoxy) is 1. The van der Waals surface area contributed by atoms with Gasteiger partial charge in [-0.3, -0.25) is 10.1 Å². The van der Waals surface area contributed by atoms with E-state index in [9.17, 15) is 4.79 Å². The van der Waals surface area contributed by atoms with Gasteiger partial charge in [-0.15, -0.1) is 10.2 Å². The predicted molar refractivity (Wildman–Crippen MR) is 90.1 cm³/mol. The van der Waals surface area contributed by atoms with Gasteiger partial charge in [-0.05, 0) is 29.8 Å². The summed E-state index contributed by atoms with van der Waals surface area (Å²) in [5.41, 5.74) is 1.71. The number of hydrogen-bond acceptors (Lipinski definition) is 5. The third-order valence-corrected chi connectivity index (χ3v) is 4.08. The van der Waals surface area contributed by atoms with Crippen LogP contribution in [-0.4, -0.2) is 23.2 Å². The molecular formula is C17H15N3O2S. The third-order valence-electron chi connectivity index (χ3n) is 3.24. The van der Waals surface area contributed by atoms with Gasteiger partial charge in [0.15, 0.2) is 0 Å². The van der Waals surface area contributed by atoms with Crippen LogP contribution in [0.15, 0.2) is 54.6 Å². The number of nitrogens with zero attached hydrogens (tertiary/aromatic N) is 2. The average Bonchev–Trinajstić information content (AvgIpc) is 3.02. The van der Waals surface area contributed by atoms with Gasteiger partial charge < -0.3 is 4.74 Å². The Morgan fingerprint density at radius 1 is 1.09 bits per heavy atom. The molecule has 0 fully saturated rings. The van der Waals surface area contributed by atoms with Gasteiger partial charge in [0.25, 0.3) is 5.91 Å². The van der Waals surface area contributed by atoms with Gasteiger partial charge >= 0.3 is 0 Å². The first-order valence-corrected chi connectivity index (χ1v) is 7.88. The molecule has 3 rings (SSSR count). The largest absolute Gasteiger partial charge is 0.497 e. The highest BCUT2D eigenvalue weighted by molar-refractivity contribution is 7.15. The minimum atomic E-state index is -0.213. The van der Waals surface area contributed by atoms with E-state index in [1.807, 2.05) is 30.3 Å². The van der Waals surface area contributed by atoms with Crippen molar-refractivity contribution >= 4 is 22.4 Å². The Kier molecular flexibility index (Phi) is 4.63. The second-order valence-corrected chi connectivity index (χ2v) is 5.91. The molecule has 1 amide bonds. The van der Waals surface area contributed by atoms with Crippen LogP contribution in [0.4, 0.5) is 5.13 Å². The molecule has 1 N–H and O–H groups in total. The van der Waals surface area contributed by atoms with E-state index >= 15 is 0 Å². The minimum Gasteiger partial charge on any atom is -0.497 e. The van der Waals surface area contributed by atoms with E-state index in [4.69, 9.17) is 4.74 Å². The van der Waals surface area contributed by atoms with E-state index in [1.165, 1.54) is 11.3 Å².